The van der Waals surface area contributed by atoms with E-state index in [-0.39, 0.29) is 5.69 Å². The van der Waals surface area contributed by atoms with Gasteiger partial charge in [0.2, 0.25) is 0 Å². The zero-order valence-corrected chi connectivity index (χ0v) is 11.9. The minimum Gasteiger partial charge on any atom is -0.318 e. The summed E-state index contributed by atoms with van der Waals surface area (Å²) in [6.45, 7) is 3.70. The predicted octanol–water partition coefficient (Wildman–Crippen LogP) is 3.47. The number of halogens is 3. The molecule has 3 nitrogen and oxygen atoms in total. The Morgan fingerprint density at radius 3 is 2.62 bits per heavy atom. The Bertz CT molecular complexity index is 510. The normalized spacial score (nSPS) is 17.1. The summed E-state index contributed by atoms with van der Waals surface area (Å²) >= 11 is 0. The van der Waals surface area contributed by atoms with Crippen molar-refractivity contribution in [3.05, 3.63) is 29.8 Å². The summed E-state index contributed by atoms with van der Waals surface area (Å²) in [7, 11) is 0. The lowest BCUT2D eigenvalue weighted by atomic mass is 9.70. The number of carbonyl (C=O) groups excluding carboxylic acids is 1. The molecule has 6 heteroatoms. The van der Waals surface area contributed by atoms with E-state index in [9.17, 15) is 18.0 Å². The van der Waals surface area contributed by atoms with Gasteiger partial charge in [0.25, 0.3) is 0 Å². The summed E-state index contributed by atoms with van der Waals surface area (Å²) < 4.78 is 36.6. The van der Waals surface area contributed by atoms with Crippen molar-refractivity contribution in [3.8, 4) is 0 Å². The first kappa shape index (κ1) is 15.8. The largest absolute Gasteiger partial charge is 0.471 e. The molecular weight excluding hydrogens is 281 g/mol. The lowest BCUT2D eigenvalue weighted by Crippen LogP contribution is -2.37. The van der Waals surface area contributed by atoms with E-state index in [4.69, 9.17) is 0 Å². The van der Waals surface area contributed by atoms with E-state index in [1.165, 1.54) is 25.3 Å². The standard InChI is InChI=1S/C15H19F3N2O/c1-14(6-3-7-14)10-19-9-11-4-2-5-12(8-11)20-13(21)15(16,17)18/h2,4-5,8,19H,3,6-7,9-10H2,1H3,(H,20,21). The number of hydrogen-bond donors (Lipinski definition) is 2. The van der Waals surface area contributed by atoms with Crippen LogP contribution in [0, 0.1) is 5.41 Å². The Hall–Kier alpha value is -1.56. The molecular formula is C15H19F3N2O. The molecule has 0 radical (unpaired) electrons. The second-order valence-electron chi connectivity index (χ2n) is 5.92. The number of amides is 1. The highest BCUT2D eigenvalue weighted by molar-refractivity contribution is 5.94. The Labute approximate surface area is 121 Å². The zero-order valence-electron chi connectivity index (χ0n) is 11.9. The molecule has 1 aliphatic carbocycles. The number of hydrogen-bond acceptors (Lipinski definition) is 2. The molecule has 0 bridgehead atoms. The molecule has 116 valence electrons. The Morgan fingerprint density at radius 2 is 2.05 bits per heavy atom. The number of carbonyl (C=O) groups is 1. The van der Waals surface area contributed by atoms with Crippen molar-refractivity contribution in [2.24, 2.45) is 5.41 Å². The van der Waals surface area contributed by atoms with Gasteiger partial charge in [0.15, 0.2) is 0 Å². The molecule has 0 heterocycles. The second kappa shape index (κ2) is 6.05. The highest BCUT2D eigenvalue weighted by Gasteiger charge is 2.38. The van der Waals surface area contributed by atoms with Gasteiger partial charge in [-0.1, -0.05) is 25.5 Å². The summed E-state index contributed by atoms with van der Waals surface area (Å²) in [5.74, 6) is -1.95. The number of nitrogens with one attached hydrogen (secondary N) is 2. The van der Waals surface area contributed by atoms with Crippen LogP contribution >= 0.6 is 0 Å². The number of anilines is 1. The average molecular weight is 300 g/mol. The number of alkyl halides is 3. The van der Waals surface area contributed by atoms with Crippen molar-refractivity contribution in [2.75, 3.05) is 11.9 Å². The van der Waals surface area contributed by atoms with Crippen molar-refractivity contribution in [2.45, 2.75) is 38.9 Å². The molecule has 21 heavy (non-hydrogen) atoms. The van der Waals surface area contributed by atoms with E-state index >= 15 is 0 Å². The SMILES string of the molecule is CC1(CNCc2cccc(NC(=O)C(F)(F)F)c2)CCC1. The van der Waals surface area contributed by atoms with E-state index in [1.54, 1.807) is 12.1 Å². The molecule has 1 aromatic rings. The molecule has 2 N–H and O–H groups in total. The average Bonchev–Trinajstić information content (AvgIpc) is 2.36. The second-order valence-corrected chi connectivity index (χ2v) is 5.92. The third kappa shape index (κ3) is 4.46. The molecule has 0 aliphatic heterocycles. The Morgan fingerprint density at radius 1 is 1.33 bits per heavy atom. The fourth-order valence-electron chi connectivity index (χ4n) is 2.43. The highest BCUT2D eigenvalue weighted by atomic mass is 19.4. The molecule has 2 rings (SSSR count). The maximum Gasteiger partial charge on any atom is 0.471 e. The van der Waals surface area contributed by atoms with Crippen LogP contribution in [0.2, 0.25) is 0 Å². The van der Waals surface area contributed by atoms with Gasteiger partial charge in [-0.3, -0.25) is 4.79 Å². The molecule has 1 saturated carbocycles. The van der Waals surface area contributed by atoms with Crippen molar-refractivity contribution in [3.63, 3.8) is 0 Å². The lowest BCUT2D eigenvalue weighted by Gasteiger charge is -2.38. The maximum absolute atomic E-state index is 12.2. The van der Waals surface area contributed by atoms with Crippen molar-refractivity contribution >= 4 is 11.6 Å². The predicted molar refractivity (Wildman–Crippen MR) is 74.8 cm³/mol. The van der Waals surface area contributed by atoms with Crippen LogP contribution < -0.4 is 10.6 Å². The van der Waals surface area contributed by atoms with Crippen LogP contribution in [-0.4, -0.2) is 18.6 Å². The third-order valence-corrected chi connectivity index (χ3v) is 3.88. The fraction of sp³-hybridized carbons (Fsp3) is 0.533. The first-order valence-electron chi connectivity index (χ1n) is 6.96. The van der Waals surface area contributed by atoms with Gasteiger partial charge in [-0.25, -0.2) is 0 Å². The molecule has 1 fully saturated rings. The van der Waals surface area contributed by atoms with Crippen LogP contribution in [0.1, 0.15) is 31.7 Å². The molecule has 0 atom stereocenters. The van der Waals surface area contributed by atoms with E-state index in [0.29, 0.717) is 12.0 Å². The van der Waals surface area contributed by atoms with Gasteiger partial charge in [0, 0.05) is 18.8 Å². The van der Waals surface area contributed by atoms with Crippen molar-refractivity contribution < 1.29 is 18.0 Å². The summed E-state index contributed by atoms with van der Waals surface area (Å²) in [5.41, 5.74) is 1.35. The van der Waals surface area contributed by atoms with Crippen LogP contribution in [-0.2, 0) is 11.3 Å². The Kier molecular flexibility index (Phi) is 4.56. The molecule has 1 aromatic carbocycles. The monoisotopic (exact) mass is 300 g/mol. The number of rotatable bonds is 5. The van der Waals surface area contributed by atoms with Gasteiger partial charge in [0.1, 0.15) is 0 Å². The van der Waals surface area contributed by atoms with Gasteiger partial charge >= 0.3 is 12.1 Å². The van der Waals surface area contributed by atoms with E-state index in [0.717, 1.165) is 12.1 Å². The smallest absolute Gasteiger partial charge is 0.318 e. The van der Waals surface area contributed by atoms with Crippen molar-refractivity contribution in [1.29, 1.82) is 0 Å². The maximum atomic E-state index is 12.2. The topological polar surface area (TPSA) is 41.1 Å². The third-order valence-electron chi connectivity index (χ3n) is 3.88. The first-order valence-corrected chi connectivity index (χ1v) is 6.96. The molecule has 0 saturated heterocycles. The first-order chi connectivity index (χ1) is 9.78. The summed E-state index contributed by atoms with van der Waals surface area (Å²) in [6.07, 6.45) is -1.19. The van der Waals surface area contributed by atoms with Crippen LogP contribution in [0.3, 0.4) is 0 Å². The van der Waals surface area contributed by atoms with E-state index in [2.05, 4.69) is 12.2 Å². The molecule has 0 aromatic heterocycles. The van der Waals surface area contributed by atoms with E-state index < -0.39 is 12.1 Å². The quantitative estimate of drug-likeness (QED) is 0.874. The van der Waals surface area contributed by atoms with E-state index in [1.807, 2.05) is 11.4 Å². The summed E-state index contributed by atoms with van der Waals surface area (Å²) in [4.78, 5) is 10.9. The van der Waals surface area contributed by atoms with Crippen LogP contribution in [0.4, 0.5) is 18.9 Å². The van der Waals surface area contributed by atoms with Crippen LogP contribution in [0.15, 0.2) is 24.3 Å². The molecule has 0 unspecified atom stereocenters. The molecule has 0 spiro atoms. The molecule has 1 amide bonds. The fourth-order valence-corrected chi connectivity index (χ4v) is 2.43. The zero-order chi connectivity index (χ0) is 15.5. The highest BCUT2D eigenvalue weighted by Crippen LogP contribution is 2.39. The van der Waals surface area contributed by atoms with Crippen LogP contribution in [0.25, 0.3) is 0 Å². The van der Waals surface area contributed by atoms with Gasteiger partial charge in [-0.2, -0.15) is 13.2 Å². The van der Waals surface area contributed by atoms with Crippen molar-refractivity contribution in [1.82, 2.24) is 5.32 Å². The summed E-state index contributed by atoms with van der Waals surface area (Å²) in [5, 5.41) is 5.18. The lowest BCUT2D eigenvalue weighted by molar-refractivity contribution is -0.167. The summed E-state index contributed by atoms with van der Waals surface area (Å²) in [6, 6.07) is 6.45. The van der Waals surface area contributed by atoms with Gasteiger partial charge in [-0.15, -0.1) is 0 Å². The number of benzene rings is 1. The van der Waals surface area contributed by atoms with Gasteiger partial charge < -0.3 is 10.6 Å². The van der Waals surface area contributed by atoms with Gasteiger partial charge in [-0.05, 0) is 36.0 Å². The minimum atomic E-state index is -4.87. The minimum absolute atomic E-state index is 0.159. The Balaban J connectivity index is 1.87. The molecule has 1 aliphatic rings. The van der Waals surface area contributed by atoms with Crippen LogP contribution in [0.5, 0.6) is 0 Å². The van der Waals surface area contributed by atoms with Gasteiger partial charge in [0.05, 0.1) is 0 Å².